The Bertz CT molecular complexity index is 1500. The molecule has 4 aromatic rings. The molecule has 6 nitrogen and oxygen atoms in total. The van der Waals surface area contributed by atoms with E-state index in [1.807, 2.05) is 13.8 Å². The highest BCUT2D eigenvalue weighted by atomic mass is 35.5. The number of benzene rings is 4. The number of aryl methyl sites for hydroxylation is 2. The van der Waals surface area contributed by atoms with E-state index in [1.54, 1.807) is 48.5 Å². The average Bonchev–Trinajstić information content (AvgIpc) is 2.86. The summed E-state index contributed by atoms with van der Waals surface area (Å²) in [5.41, 5.74) is 2.61. The van der Waals surface area contributed by atoms with Gasteiger partial charge in [-0.15, -0.1) is 0 Å². The highest BCUT2D eigenvalue weighted by molar-refractivity contribution is 7.93. The van der Waals surface area contributed by atoms with E-state index in [2.05, 4.69) is 0 Å². The molecule has 4 rings (SSSR count). The van der Waals surface area contributed by atoms with Crippen molar-refractivity contribution in [1.29, 1.82) is 0 Å². The number of hydrogen-bond acceptors (Lipinski definition) is 5. The molecule has 0 fully saturated rings. The van der Waals surface area contributed by atoms with Crippen LogP contribution in [0.1, 0.15) is 31.8 Å². The maximum atomic E-state index is 13.6. The van der Waals surface area contributed by atoms with E-state index in [0.717, 1.165) is 15.4 Å². The van der Waals surface area contributed by atoms with Crippen LogP contribution in [0, 0.1) is 13.8 Å². The van der Waals surface area contributed by atoms with Gasteiger partial charge in [-0.25, -0.2) is 13.2 Å². The summed E-state index contributed by atoms with van der Waals surface area (Å²) in [7, 11) is -4.29. The lowest BCUT2D eigenvalue weighted by Gasteiger charge is -2.23. The Morgan fingerprint density at radius 1 is 0.694 bits per heavy atom. The number of sulfonamides is 1. The monoisotopic (exact) mass is 519 g/mol. The molecule has 0 aromatic heterocycles. The van der Waals surface area contributed by atoms with Crippen molar-refractivity contribution in [1.82, 2.24) is 0 Å². The van der Waals surface area contributed by atoms with Gasteiger partial charge in [-0.05, 0) is 86.6 Å². The van der Waals surface area contributed by atoms with Crippen LogP contribution < -0.4 is 9.04 Å². The van der Waals surface area contributed by atoms with Crippen molar-refractivity contribution in [2.45, 2.75) is 18.7 Å². The molecule has 0 spiro atoms. The molecule has 0 unspecified atom stereocenters. The normalized spacial score (nSPS) is 11.1. The summed E-state index contributed by atoms with van der Waals surface area (Å²) in [4.78, 5) is 25.8. The van der Waals surface area contributed by atoms with E-state index >= 15 is 0 Å². The molecule has 0 saturated heterocycles. The molecular formula is C28H22ClNO5S. The number of carbonyl (C=O) groups is 2. The predicted molar refractivity (Wildman–Crippen MR) is 139 cm³/mol. The summed E-state index contributed by atoms with van der Waals surface area (Å²) in [5.74, 6) is -1.07. The number of nitrogens with zero attached hydrogens (tertiary/aromatic N) is 1. The number of carbonyl (C=O) groups excluding carboxylic acids is 2. The van der Waals surface area contributed by atoms with Crippen molar-refractivity contribution < 1.29 is 22.7 Å². The fourth-order valence-electron chi connectivity index (χ4n) is 3.40. The van der Waals surface area contributed by atoms with Crippen molar-refractivity contribution >= 4 is 39.2 Å². The zero-order valence-corrected chi connectivity index (χ0v) is 21.1. The number of esters is 1. The van der Waals surface area contributed by atoms with Crippen LogP contribution in [0.4, 0.5) is 5.69 Å². The predicted octanol–water partition coefficient (Wildman–Crippen LogP) is 6.21. The zero-order chi connectivity index (χ0) is 25.9. The van der Waals surface area contributed by atoms with Gasteiger partial charge in [0.2, 0.25) is 0 Å². The second kappa shape index (κ2) is 10.4. The lowest BCUT2D eigenvalue weighted by molar-refractivity contribution is 0.0734. The number of anilines is 1. The second-order valence-electron chi connectivity index (χ2n) is 8.14. The summed E-state index contributed by atoms with van der Waals surface area (Å²) in [6.45, 7) is 3.78. The number of hydrogen-bond donors (Lipinski definition) is 0. The van der Waals surface area contributed by atoms with Crippen LogP contribution in [-0.2, 0) is 10.0 Å². The van der Waals surface area contributed by atoms with E-state index < -0.39 is 21.9 Å². The number of rotatable bonds is 6. The third kappa shape index (κ3) is 5.48. The summed E-state index contributed by atoms with van der Waals surface area (Å²) in [5, 5.41) is 0.366. The van der Waals surface area contributed by atoms with Gasteiger partial charge in [-0.1, -0.05) is 47.0 Å². The maximum Gasteiger partial charge on any atom is 0.343 e. The highest BCUT2D eigenvalue weighted by Crippen LogP contribution is 2.29. The average molecular weight is 520 g/mol. The van der Waals surface area contributed by atoms with Crippen LogP contribution in [0.25, 0.3) is 0 Å². The SMILES string of the molecule is Cc1ccc(C(=O)Oc2ccc(N(C(=O)c3ccc(C)cc3)S(=O)(=O)c3ccc(Cl)cc3)cc2)cc1. The van der Waals surface area contributed by atoms with Crippen LogP contribution in [0.5, 0.6) is 5.75 Å². The van der Waals surface area contributed by atoms with Gasteiger partial charge in [-0.3, -0.25) is 4.79 Å². The molecule has 0 atom stereocenters. The largest absolute Gasteiger partial charge is 0.423 e. The van der Waals surface area contributed by atoms with Crippen molar-refractivity contribution in [2.24, 2.45) is 0 Å². The molecule has 0 aliphatic carbocycles. The van der Waals surface area contributed by atoms with Crippen molar-refractivity contribution in [3.63, 3.8) is 0 Å². The molecule has 0 heterocycles. The first-order chi connectivity index (χ1) is 17.1. The van der Waals surface area contributed by atoms with Gasteiger partial charge in [0.25, 0.3) is 15.9 Å². The molecule has 0 bridgehead atoms. The van der Waals surface area contributed by atoms with Gasteiger partial charge < -0.3 is 4.74 Å². The third-order valence-electron chi connectivity index (χ3n) is 5.40. The number of amides is 1. The summed E-state index contributed by atoms with van der Waals surface area (Å²) < 4.78 is 33.3. The number of ether oxygens (including phenoxy) is 1. The number of halogens is 1. The minimum absolute atomic E-state index is 0.0886. The standard InChI is InChI=1S/C28H22ClNO5S/c1-19-3-7-21(8-4-19)27(31)30(36(33,34)26-17-11-23(29)12-18-26)24-13-15-25(16-14-24)35-28(32)22-9-5-20(2)6-10-22/h3-18H,1-2H3. The summed E-state index contributed by atoms with van der Waals surface area (Å²) in [6.07, 6.45) is 0. The first kappa shape index (κ1) is 25.2. The first-order valence-corrected chi connectivity index (χ1v) is 12.8. The second-order valence-corrected chi connectivity index (χ2v) is 10.4. The quantitative estimate of drug-likeness (QED) is 0.223. The third-order valence-corrected chi connectivity index (χ3v) is 7.38. The Morgan fingerprint density at radius 2 is 1.19 bits per heavy atom. The minimum Gasteiger partial charge on any atom is -0.423 e. The van der Waals surface area contributed by atoms with Gasteiger partial charge in [0, 0.05) is 10.6 Å². The Hall–Kier alpha value is -3.94. The topological polar surface area (TPSA) is 80.8 Å². The smallest absolute Gasteiger partial charge is 0.343 e. The molecule has 182 valence electrons. The maximum absolute atomic E-state index is 13.6. The van der Waals surface area contributed by atoms with E-state index in [0.29, 0.717) is 10.6 Å². The highest BCUT2D eigenvalue weighted by Gasteiger charge is 2.32. The Balaban J connectivity index is 1.69. The van der Waals surface area contributed by atoms with Crippen LogP contribution in [-0.4, -0.2) is 20.3 Å². The minimum atomic E-state index is -4.29. The van der Waals surface area contributed by atoms with Crippen LogP contribution >= 0.6 is 11.6 Å². The van der Waals surface area contributed by atoms with Crippen LogP contribution in [0.3, 0.4) is 0 Å². The van der Waals surface area contributed by atoms with Crippen molar-refractivity contribution in [3.05, 3.63) is 124 Å². The molecule has 0 radical (unpaired) electrons. The Kier molecular flexibility index (Phi) is 7.24. The lowest BCUT2D eigenvalue weighted by Crippen LogP contribution is -2.37. The van der Waals surface area contributed by atoms with E-state index in [4.69, 9.17) is 16.3 Å². The fraction of sp³-hybridized carbons (Fsp3) is 0.0714. The Labute approximate surface area is 214 Å². The lowest BCUT2D eigenvalue weighted by atomic mass is 10.1. The summed E-state index contributed by atoms with van der Waals surface area (Å²) in [6, 6.07) is 24.8. The van der Waals surface area contributed by atoms with Gasteiger partial charge in [-0.2, -0.15) is 4.31 Å². The van der Waals surface area contributed by atoms with Gasteiger partial charge in [0.1, 0.15) is 5.75 Å². The first-order valence-electron chi connectivity index (χ1n) is 11.0. The molecular weight excluding hydrogens is 498 g/mol. The molecule has 0 saturated carbocycles. The molecule has 0 N–H and O–H groups in total. The van der Waals surface area contributed by atoms with Crippen molar-refractivity contribution in [3.8, 4) is 5.75 Å². The van der Waals surface area contributed by atoms with Gasteiger partial charge >= 0.3 is 5.97 Å². The van der Waals surface area contributed by atoms with Crippen LogP contribution in [0.2, 0.25) is 5.02 Å². The fourth-order valence-corrected chi connectivity index (χ4v) is 4.94. The molecule has 0 aliphatic heterocycles. The molecule has 4 aromatic carbocycles. The molecule has 8 heteroatoms. The van der Waals surface area contributed by atoms with Crippen LogP contribution in [0.15, 0.2) is 102 Å². The zero-order valence-electron chi connectivity index (χ0n) is 19.5. The van der Waals surface area contributed by atoms with Gasteiger partial charge in [0.15, 0.2) is 0 Å². The van der Waals surface area contributed by atoms with Gasteiger partial charge in [0.05, 0.1) is 16.1 Å². The molecule has 1 amide bonds. The van der Waals surface area contributed by atoms with Crippen molar-refractivity contribution in [2.75, 3.05) is 4.31 Å². The molecule has 0 aliphatic rings. The summed E-state index contributed by atoms with van der Waals surface area (Å²) >= 11 is 5.93. The van der Waals surface area contributed by atoms with E-state index in [1.165, 1.54) is 48.5 Å². The Morgan fingerprint density at radius 3 is 1.72 bits per heavy atom. The van der Waals surface area contributed by atoms with E-state index in [-0.39, 0.29) is 21.9 Å². The van der Waals surface area contributed by atoms with E-state index in [9.17, 15) is 18.0 Å². The molecule has 36 heavy (non-hydrogen) atoms.